The quantitative estimate of drug-likeness (QED) is 0.631. The SMILES string of the molecule is Cc1ccc(C)c(C(=O)COC(=O)c2cccc(NC(=O)C(C)(C)C)c2)c1. The number of esters is 1. The summed E-state index contributed by atoms with van der Waals surface area (Å²) in [4.78, 5) is 36.7. The number of carbonyl (C=O) groups is 3. The lowest BCUT2D eigenvalue weighted by Crippen LogP contribution is -2.27. The first-order valence-corrected chi connectivity index (χ1v) is 8.77. The van der Waals surface area contributed by atoms with Crippen LogP contribution in [0.2, 0.25) is 0 Å². The molecule has 0 aliphatic heterocycles. The normalized spacial score (nSPS) is 11.0. The Labute approximate surface area is 159 Å². The van der Waals surface area contributed by atoms with E-state index in [0.717, 1.165) is 11.1 Å². The van der Waals surface area contributed by atoms with E-state index < -0.39 is 11.4 Å². The van der Waals surface area contributed by atoms with Gasteiger partial charge < -0.3 is 10.1 Å². The van der Waals surface area contributed by atoms with Crippen molar-refractivity contribution in [1.29, 1.82) is 0 Å². The maximum absolute atomic E-state index is 12.3. The number of ketones is 1. The van der Waals surface area contributed by atoms with Crippen molar-refractivity contribution in [1.82, 2.24) is 0 Å². The minimum Gasteiger partial charge on any atom is -0.454 e. The van der Waals surface area contributed by atoms with Crippen LogP contribution in [-0.4, -0.2) is 24.3 Å². The van der Waals surface area contributed by atoms with Crippen LogP contribution < -0.4 is 5.32 Å². The predicted octanol–water partition coefficient (Wildman–Crippen LogP) is 4.33. The van der Waals surface area contributed by atoms with E-state index in [2.05, 4.69) is 5.32 Å². The molecule has 0 atom stereocenters. The number of ether oxygens (including phenoxy) is 1. The number of amides is 1. The molecule has 27 heavy (non-hydrogen) atoms. The highest BCUT2D eigenvalue weighted by atomic mass is 16.5. The minimum absolute atomic E-state index is 0.155. The zero-order valence-electron chi connectivity index (χ0n) is 16.4. The molecule has 2 aromatic rings. The van der Waals surface area contributed by atoms with Gasteiger partial charge in [0, 0.05) is 16.7 Å². The monoisotopic (exact) mass is 367 g/mol. The third-order valence-corrected chi connectivity index (χ3v) is 4.07. The van der Waals surface area contributed by atoms with E-state index >= 15 is 0 Å². The number of hydrogen-bond acceptors (Lipinski definition) is 4. The Morgan fingerprint density at radius 2 is 1.70 bits per heavy atom. The van der Waals surface area contributed by atoms with Gasteiger partial charge >= 0.3 is 5.97 Å². The van der Waals surface area contributed by atoms with Crippen LogP contribution in [0.3, 0.4) is 0 Å². The summed E-state index contributed by atoms with van der Waals surface area (Å²) in [6.07, 6.45) is 0. The summed E-state index contributed by atoms with van der Waals surface area (Å²) in [6, 6.07) is 12.0. The Kier molecular flexibility index (Phi) is 6.16. The molecule has 0 aliphatic rings. The van der Waals surface area contributed by atoms with Crippen molar-refractivity contribution in [2.24, 2.45) is 5.41 Å². The van der Waals surface area contributed by atoms with E-state index in [0.29, 0.717) is 11.3 Å². The summed E-state index contributed by atoms with van der Waals surface area (Å²) >= 11 is 0. The fourth-order valence-electron chi connectivity index (χ4n) is 2.37. The van der Waals surface area contributed by atoms with Crippen molar-refractivity contribution < 1.29 is 19.1 Å². The molecule has 5 nitrogen and oxygen atoms in total. The van der Waals surface area contributed by atoms with Gasteiger partial charge in [-0.15, -0.1) is 0 Å². The molecule has 1 N–H and O–H groups in total. The summed E-state index contributed by atoms with van der Waals surface area (Å²) < 4.78 is 5.17. The second-order valence-corrected chi connectivity index (χ2v) is 7.60. The molecule has 2 rings (SSSR count). The molecule has 0 unspecified atom stereocenters. The van der Waals surface area contributed by atoms with Crippen molar-refractivity contribution in [3.8, 4) is 0 Å². The van der Waals surface area contributed by atoms with E-state index in [4.69, 9.17) is 4.74 Å². The van der Waals surface area contributed by atoms with Crippen LogP contribution in [0.1, 0.15) is 52.6 Å². The van der Waals surface area contributed by atoms with Crippen LogP contribution in [-0.2, 0) is 9.53 Å². The molecule has 0 saturated carbocycles. The number of aryl methyl sites for hydroxylation is 2. The highest BCUT2D eigenvalue weighted by molar-refractivity contribution is 6.01. The summed E-state index contributed by atoms with van der Waals surface area (Å²) in [6.45, 7) is 8.83. The van der Waals surface area contributed by atoms with Crippen LogP contribution >= 0.6 is 0 Å². The maximum Gasteiger partial charge on any atom is 0.338 e. The van der Waals surface area contributed by atoms with Gasteiger partial charge in [0.25, 0.3) is 0 Å². The van der Waals surface area contributed by atoms with Crippen LogP contribution in [0.15, 0.2) is 42.5 Å². The number of Topliss-reactive ketones (excluding diaryl/α,β-unsaturated/α-hetero) is 1. The molecule has 142 valence electrons. The van der Waals surface area contributed by atoms with Gasteiger partial charge in [0.2, 0.25) is 11.7 Å². The molecule has 1 amide bonds. The number of benzene rings is 2. The van der Waals surface area contributed by atoms with Gasteiger partial charge in [0.1, 0.15) is 0 Å². The van der Waals surface area contributed by atoms with Crippen molar-refractivity contribution in [3.05, 3.63) is 64.7 Å². The molecule has 0 heterocycles. The smallest absolute Gasteiger partial charge is 0.338 e. The van der Waals surface area contributed by atoms with Gasteiger partial charge in [-0.05, 0) is 43.7 Å². The van der Waals surface area contributed by atoms with Crippen molar-refractivity contribution in [3.63, 3.8) is 0 Å². The third kappa shape index (κ3) is 5.51. The van der Waals surface area contributed by atoms with Gasteiger partial charge in [0.15, 0.2) is 6.61 Å². The number of nitrogens with one attached hydrogen (secondary N) is 1. The Bertz CT molecular complexity index is 878. The molecule has 0 fully saturated rings. The van der Waals surface area contributed by atoms with E-state index in [1.807, 2.05) is 26.0 Å². The highest BCUT2D eigenvalue weighted by Gasteiger charge is 2.21. The van der Waals surface area contributed by atoms with Gasteiger partial charge in [-0.1, -0.05) is 44.5 Å². The Balaban J connectivity index is 2.04. The molecule has 0 aromatic heterocycles. The predicted molar refractivity (Wildman–Crippen MR) is 105 cm³/mol. The van der Waals surface area contributed by atoms with Gasteiger partial charge in [-0.25, -0.2) is 4.79 Å². The number of hydrogen-bond donors (Lipinski definition) is 1. The molecular formula is C22H25NO4. The molecule has 0 radical (unpaired) electrons. The second kappa shape index (κ2) is 8.16. The first-order chi connectivity index (χ1) is 12.6. The molecule has 0 saturated heterocycles. The lowest BCUT2D eigenvalue weighted by molar-refractivity contribution is -0.123. The molecule has 2 aromatic carbocycles. The van der Waals surface area contributed by atoms with Crippen LogP contribution in [0, 0.1) is 19.3 Å². The zero-order valence-corrected chi connectivity index (χ0v) is 16.4. The average molecular weight is 367 g/mol. The lowest BCUT2D eigenvalue weighted by Gasteiger charge is -2.17. The van der Waals surface area contributed by atoms with E-state index in [1.54, 1.807) is 45.0 Å². The summed E-state index contributed by atoms with van der Waals surface area (Å²) in [5, 5.41) is 2.77. The summed E-state index contributed by atoms with van der Waals surface area (Å²) in [5.74, 6) is -1.01. The molecular weight excluding hydrogens is 342 g/mol. The first-order valence-electron chi connectivity index (χ1n) is 8.77. The highest BCUT2D eigenvalue weighted by Crippen LogP contribution is 2.19. The van der Waals surface area contributed by atoms with Crippen molar-refractivity contribution in [2.75, 3.05) is 11.9 Å². The summed E-state index contributed by atoms with van der Waals surface area (Å²) in [5.41, 5.74) is 2.59. The number of rotatable bonds is 5. The third-order valence-electron chi connectivity index (χ3n) is 4.07. The Morgan fingerprint density at radius 3 is 2.37 bits per heavy atom. The zero-order chi connectivity index (χ0) is 20.2. The first kappa shape index (κ1) is 20.4. The molecule has 0 aliphatic carbocycles. The second-order valence-electron chi connectivity index (χ2n) is 7.60. The average Bonchev–Trinajstić information content (AvgIpc) is 2.60. The van der Waals surface area contributed by atoms with Crippen LogP contribution in [0.25, 0.3) is 0 Å². The van der Waals surface area contributed by atoms with Crippen LogP contribution in [0.5, 0.6) is 0 Å². The number of anilines is 1. The standard InChI is InChI=1S/C22H25NO4/c1-14-9-10-15(2)18(11-14)19(24)13-27-20(25)16-7-6-8-17(12-16)23-21(26)22(3,4)5/h6-12H,13H2,1-5H3,(H,23,26). The molecule has 5 heteroatoms. The molecule has 0 bridgehead atoms. The Morgan fingerprint density at radius 1 is 1.00 bits per heavy atom. The maximum atomic E-state index is 12.3. The van der Waals surface area contributed by atoms with Gasteiger partial charge in [-0.2, -0.15) is 0 Å². The number of carbonyl (C=O) groups excluding carboxylic acids is 3. The van der Waals surface area contributed by atoms with Gasteiger partial charge in [-0.3, -0.25) is 9.59 Å². The fraction of sp³-hybridized carbons (Fsp3) is 0.318. The van der Waals surface area contributed by atoms with E-state index in [-0.39, 0.29) is 23.9 Å². The molecule has 0 spiro atoms. The van der Waals surface area contributed by atoms with E-state index in [9.17, 15) is 14.4 Å². The minimum atomic E-state index is -0.611. The van der Waals surface area contributed by atoms with Crippen LogP contribution in [0.4, 0.5) is 5.69 Å². The van der Waals surface area contributed by atoms with Crippen molar-refractivity contribution in [2.45, 2.75) is 34.6 Å². The Hall–Kier alpha value is -2.95. The topological polar surface area (TPSA) is 72.5 Å². The summed E-state index contributed by atoms with van der Waals surface area (Å²) in [7, 11) is 0. The lowest BCUT2D eigenvalue weighted by atomic mass is 9.95. The largest absolute Gasteiger partial charge is 0.454 e. The fourth-order valence-corrected chi connectivity index (χ4v) is 2.37. The van der Waals surface area contributed by atoms with E-state index in [1.165, 1.54) is 6.07 Å². The van der Waals surface area contributed by atoms with Gasteiger partial charge in [0.05, 0.1) is 5.56 Å². The van der Waals surface area contributed by atoms with Crippen molar-refractivity contribution >= 4 is 23.3 Å².